The van der Waals surface area contributed by atoms with Gasteiger partial charge in [0.25, 0.3) is 0 Å². The van der Waals surface area contributed by atoms with E-state index < -0.39 is 24.3 Å². The van der Waals surface area contributed by atoms with Gasteiger partial charge in [0.15, 0.2) is 6.29 Å². The highest BCUT2D eigenvalue weighted by molar-refractivity contribution is 5.86. The molecule has 0 aliphatic rings. The van der Waals surface area contributed by atoms with Gasteiger partial charge in [-0.3, -0.25) is 0 Å². The molecule has 0 radical (unpaired) electrons. The summed E-state index contributed by atoms with van der Waals surface area (Å²) in [6, 6.07) is 0. The van der Waals surface area contributed by atoms with Crippen molar-refractivity contribution in [2.24, 2.45) is 0 Å². The third-order valence-electron chi connectivity index (χ3n) is 1.26. The molecule has 18 heavy (non-hydrogen) atoms. The Balaban J connectivity index is 0. The Labute approximate surface area is 107 Å². The van der Waals surface area contributed by atoms with Crippen LogP contribution in [0.4, 0.5) is 0 Å². The van der Waals surface area contributed by atoms with E-state index in [-0.39, 0.29) is 12.2 Å². The van der Waals surface area contributed by atoms with Crippen molar-refractivity contribution in [3.8, 4) is 0 Å². The minimum atomic E-state index is -1.05. The highest BCUT2D eigenvalue weighted by Gasteiger charge is 2.04. The van der Waals surface area contributed by atoms with Gasteiger partial charge in [-0.1, -0.05) is 13.2 Å². The van der Waals surface area contributed by atoms with E-state index in [4.69, 9.17) is 10.2 Å². The maximum Gasteiger partial charge on any atom is 0.335 e. The zero-order valence-electron chi connectivity index (χ0n) is 10.9. The Hall–Kier alpha value is -1.66. The number of aliphatic hydroxyl groups is 2. The monoisotopic (exact) mass is 260 g/mol. The minimum Gasteiger partial charge on any atom is -0.460 e. The lowest BCUT2D eigenvalue weighted by Gasteiger charge is -2.04. The van der Waals surface area contributed by atoms with Gasteiger partial charge < -0.3 is 19.7 Å². The lowest BCUT2D eigenvalue weighted by atomic mass is 10.4. The van der Waals surface area contributed by atoms with Crippen LogP contribution in [0.5, 0.6) is 0 Å². The molecular formula is C12H20O6. The summed E-state index contributed by atoms with van der Waals surface area (Å²) in [5.41, 5.74) is 0.288. The SMILES string of the molecule is C=C(C)C(=O)OC(C)O.C=CC(=O)OCC(C)O. The fraction of sp³-hybridized carbons (Fsp3) is 0.500. The summed E-state index contributed by atoms with van der Waals surface area (Å²) in [6.45, 7) is 11.0. The van der Waals surface area contributed by atoms with Gasteiger partial charge in [0.1, 0.15) is 6.61 Å². The van der Waals surface area contributed by atoms with Crippen LogP contribution in [0.2, 0.25) is 0 Å². The number of hydrogen-bond acceptors (Lipinski definition) is 6. The molecule has 0 aromatic heterocycles. The fourth-order valence-electron chi connectivity index (χ4n) is 0.517. The third kappa shape index (κ3) is 14.3. The van der Waals surface area contributed by atoms with Crippen LogP contribution in [0.15, 0.2) is 24.8 Å². The fourth-order valence-corrected chi connectivity index (χ4v) is 0.517. The maximum absolute atomic E-state index is 10.5. The molecule has 2 N–H and O–H groups in total. The van der Waals surface area contributed by atoms with Crippen LogP contribution in [0.25, 0.3) is 0 Å². The number of esters is 2. The van der Waals surface area contributed by atoms with Crippen molar-refractivity contribution in [2.45, 2.75) is 33.2 Å². The molecule has 0 fully saturated rings. The van der Waals surface area contributed by atoms with E-state index in [0.29, 0.717) is 0 Å². The first-order valence-corrected chi connectivity index (χ1v) is 5.22. The lowest BCUT2D eigenvalue weighted by Crippen LogP contribution is -2.13. The number of carbonyl (C=O) groups excluding carboxylic acids is 2. The molecule has 104 valence electrons. The molecule has 0 aromatic carbocycles. The van der Waals surface area contributed by atoms with E-state index in [1.807, 2.05) is 0 Å². The maximum atomic E-state index is 10.5. The van der Waals surface area contributed by atoms with Crippen molar-refractivity contribution in [1.82, 2.24) is 0 Å². The van der Waals surface area contributed by atoms with Crippen molar-refractivity contribution in [2.75, 3.05) is 6.61 Å². The molecule has 2 atom stereocenters. The molecule has 0 saturated heterocycles. The van der Waals surface area contributed by atoms with Crippen LogP contribution in [-0.4, -0.2) is 41.2 Å². The molecule has 2 unspecified atom stereocenters. The lowest BCUT2D eigenvalue weighted by molar-refractivity contribution is -0.159. The van der Waals surface area contributed by atoms with Crippen LogP contribution in [-0.2, 0) is 19.1 Å². The summed E-state index contributed by atoms with van der Waals surface area (Å²) in [7, 11) is 0. The van der Waals surface area contributed by atoms with E-state index >= 15 is 0 Å². The summed E-state index contributed by atoms with van der Waals surface area (Å²) in [5.74, 6) is -1.07. The van der Waals surface area contributed by atoms with Crippen LogP contribution < -0.4 is 0 Å². The normalized spacial score (nSPS) is 12.3. The molecule has 0 aliphatic carbocycles. The number of ether oxygens (including phenoxy) is 2. The Morgan fingerprint density at radius 2 is 1.83 bits per heavy atom. The summed E-state index contributed by atoms with van der Waals surface area (Å²) >= 11 is 0. The Morgan fingerprint density at radius 1 is 1.33 bits per heavy atom. The van der Waals surface area contributed by atoms with Crippen LogP contribution >= 0.6 is 0 Å². The first kappa shape index (κ1) is 18.7. The van der Waals surface area contributed by atoms with Gasteiger partial charge in [-0.25, -0.2) is 9.59 Å². The molecule has 0 aliphatic heterocycles. The van der Waals surface area contributed by atoms with Crippen molar-refractivity contribution >= 4 is 11.9 Å². The minimum absolute atomic E-state index is 0.0326. The Morgan fingerprint density at radius 3 is 2.06 bits per heavy atom. The predicted molar refractivity (Wildman–Crippen MR) is 65.4 cm³/mol. The number of carbonyl (C=O) groups is 2. The third-order valence-corrected chi connectivity index (χ3v) is 1.26. The van der Waals surface area contributed by atoms with Gasteiger partial charge in [-0.2, -0.15) is 0 Å². The first-order valence-electron chi connectivity index (χ1n) is 5.22. The smallest absolute Gasteiger partial charge is 0.335 e. The van der Waals surface area contributed by atoms with Gasteiger partial charge in [0.05, 0.1) is 6.10 Å². The second kappa shape index (κ2) is 10.5. The van der Waals surface area contributed by atoms with Crippen LogP contribution in [0.3, 0.4) is 0 Å². The average Bonchev–Trinajstić information content (AvgIpc) is 2.25. The quantitative estimate of drug-likeness (QED) is 0.426. The van der Waals surface area contributed by atoms with Gasteiger partial charge in [0.2, 0.25) is 0 Å². The van der Waals surface area contributed by atoms with Crippen molar-refractivity contribution in [3.63, 3.8) is 0 Å². The second-order valence-electron chi connectivity index (χ2n) is 3.47. The van der Waals surface area contributed by atoms with E-state index in [1.54, 1.807) is 0 Å². The summed E-state index contributed by atoms with van der Waals surface area (Å²) in [5, 5.41) is 17.1. The topological polar surface area (TPSA) is 93.1 Å². The van der Waals surface area contributed by atoms with E-state index in [9.17, 15) is 9.59 Å². The molecule has 0 saturated carbocycles. The van der Waals surface area contributed by atoms with Crippen LogP contribution in [0, 0.1) is 0 Å². The number of hydrogen-bond donors (Lipinski definition) is 2. The summed E-state index contributed by atoms with van der Waals surface area (Å²) < 4.78 is 8.77. The van der Waals surface area contributed by atoms with E-state index in [2.05, 4.69) is 22.6 Å². The van der Waals surface area contributed by atoms with Crippen molar-refractivity contribution in [3.05, 3.63) is 24.8 Å². The predicted octanol–water partition coefficient (Wildman–Crippen LogP) is 0.540. The van der Waals surface area contributed by atoms with E-state index in [0.717, 1.165) is 6.08 Å². The highest BCUT2D eigenvalue weighted by Crippen LogP contribution is 1.94. The highest BCUT2D eigenvalue weighted by atomic mass is 16.6. The Kier molecular flexibility index (Phi) is 10.9. The largest absolute Gasteiger partial charge is 0.460 e. The Bertz CT molecular complexity index is 291. The second-order valence-corrected chi connectivity index (χ2v) is 3.47. The average molecular weight is 260 g/mol. The van der Waals surface area contributed by atoms with Gasteiger partial charge in [0, 0.05) is 11.6 Å². The molecule has 6 heteroatoms. The van der Waals surface area contributed by atoms with Crippen molar-refractivity contribution in [1.29, 1.82) is 0 Å². The standard InChI is InChI=1S/2C6H10O3/c1-4(2)6(8)9-5(3)7;1-3-6(8)9-4-5(2)7/h5,7H,1H2,2-3H3;3,5,7H,1,4H2,2H3. The summed E-state index contributed by atoms with van der Waals surface area (Å²) in [6.07, 6.45) is -0.592. The molecule has 0 bridgehead atoms. The zero-order valence-corrected chi connectivity index (χ0v) is 10.9. The van der Waals surface area contributed by atoms with Crippen molar-refractivity contribution < 1.29 is 29.3 Å². The number of aliphatic hydroxyl groups excluding tert-OH is 2. The molecule has 0 heterocycles. The molecule has 0 rings (SSSR count). The van der Waals surface area contributed by atoms with Gasteiger partial charge in [-0.15, -0.1) is 0 Å². The van der Waals surface area contributed by atoms with E-state index in [1.165, 1.54) is 20.8 Å². The zero-order chi connectivity index (χ0) is 14.7. The van der Waals surface area contributed by atoms with Crippen LogP contribution in [0.1, 0.15) is 20.8 Å². The molecule has 0 spiro atoms. The first-order chi connectivity index (χ1) is 8.20. The molecule has 0 amide bonds. The molecule has 0 aromatic rings. The van der Waals surface area contributed by atoms with Gasteiger partial charge >= 0.3 is 11.9 Å². The molecular weight excluding hydrogens is 240 g/mol. The number of rotatable bonds is 5. The van der Waals surface area contributed by atoms with Gasteiger partial charge in [-0.05, 0) is 20.8 Å². The molecule has 6 nitrogen and oxygen atoms in total. The summed E-state index contributed by atoms with van der Waals surface area (Å²) in [4.78, 5) is 20.7.